The van der Waals surface area contributed by atoms with Crippen LogP contribution >= 0.6 is 11.3 Å². The largest absolute Gasteiger partial charge is 0.334 e. The van der Waals surface area contributed by atoms with E-state index in [1.54, 1.807) is 11.3 Å². The first kappa shape index (κ1) is 16.7. The minimum absolute atomic E-state index is 0.144. The van der Waals surface area contributed by atoms with Gasteiger partial charge in [0.1, 0.15) is 0 Å². The van der Waals surface area contributed by atoms with Gasteiger partial charge in [-0.15, -0.1) is 11.3 Å². The van der Waals surface area contributed by atoms with E-state index in [-0.39, 0.29) is 11.9 Å². The number of carbonyl (C=O) groups is 1. The van der Waals surface area contributed by atoms with Crippen LogP contribution in [0.5, 0.6) is 0 Å². The SMILES string of the molecule is O=C(Cc1cccs1)N1CCCC1c1cccc(CN2CCCC2)n1. The molecule has 4 rings (SSSR count). The molecular weight excluding hydrogens is 330 g/mol. The minimum atomic E-state index is 0.144. The highest BCUT2D eigenvalue weighted by molar-refractivity contribution is 7.10. The molecule has 0 radical (unpaired) electrons. The van der Waals surface area contributed by atoms with Crippen molar-refractivity contribution < 1.29 is 4.79 Å². The molecule has 5 heteroatoms. The fourth-order valence-electron chi connectivity index (χ4n) is 3.98. The Morgan fingerprint density at radius 1 is 1.12 bits per heavy atom. The molecule has 0 N–H and O–H groups in total. The maximum Gasteiger partial charge on any atom is 0.228 e. The van der Waals surface area contributed by atoms with Gasteiger partial charge in [0.2, 0.25) is 5.91 Å². The Balaban J connectivity index is 1.46. The summed E-state index contributed by atoms with van der Waals surface area (Å²) in [5.41, 5.74) is 2.20. The summed E-state index contributed by atoms with van der Waals surface area (Å²) in [6, 6.07) is 10.5. The van der Waals surface area contributed by atoms with Crippen molar-refractivity contribution in [2.45, 2.75) is 44.7 Å². The molecule has 2 fully saturated rings. The van der Waals surface area contributed by atoms with Crippen molar-refractivity contribution in [2.24, 2.45) is 0 Å². The van der Waals surface area contributed by atoms with Gasteiger partial charge in [0.05, 0.1) is 23.9 Å². The zero-order chi connectivity index (χ0) is 17.1. The second-order valence-corrected chi connectivity index (χ2v) is 8.07. The molecule has 2 aromatic heterocycles. The standard InChI is InChI=1S/C20H25N3OS/c24-20(14-17-7-5-13-25-17)23-12-4-9-19(23)18-8-3-6-16(21-18)15-22-10-1-2-11-22/h3,5-8,13,19H,1-2,4,9-12,14-15H2. The van der Waals surface area contributed by atoms with Crippen LogP contribution in [-0.2, 0) is 17.8 Å². The number of carbonyl (C=O) groups excluding carboxylic acids is 1. The van der Waals surface area contributed by atoms with E-state index in [0.29, 0.717) is 6.42 Å². The van der Waals surface area contributed by atoms with Gasteiger partial charge < -0.3 is 4.90 Å². The number of hydrogen-bond donors (Lipinski definition) is 0. The molecule has 25 heavy (non-hydrogen) atoms. The smallest absolute Gasteiger partial charge is 0.228 e. The summed E-state index contributed by atoms with van der Waals surface area (Å²) in [5.74, 6) is 0.233. The summed E-state index contributed by atoms with van der Waals surface area (Å²) >= 11 is 1.66. The summed E-state index contributed by atoms with van der Waals surface area (Å²) in [6.07, 6.45) is 5.21. The van der Waals surface area contributed by atoms with Gasteiger partial charge in [0.25, 0.3) is 0 Å². The van der Waals surface area contributed by atoms with E-state index in [9.17, 15) is 4.79 Å². The van der Waals surface area contributed by atoms with Crippen molar-refractivity contribution in [1.82, 2.24) is 14.8 Å². The molecule has 0 saturated carbocycles. The number of hydrogen-bond acceptors (Lipinski definition) is 4. The van der Waals surface area contributed by atoms with E-state index in [1.807, 2.05) is 22.4 Å². The number of pyridine rings is 1. The Kier molecular flexibility index (Phi) is 5.13. The molecule has 0 bridgehead atoms. The fourth-order valence-corrected chi connectivity index (χ4v) is 4.67. The number of nitrogens with zero attached hydrogens (tertiary/aromatic N) is 3. The molecule has 2 aliphatic heterocycles. The third-order valence-electron chi connectivity index (χ3n) is 5.23. The van der Waals surface area contributed by atoms with Crippen LogP contribution < -0.4 is 0 Å². The van der Waals surface area contributed by atoms with Crippen molar-refractivity contribution in [1.29, 1.82) is 0 Å². The third kappa shape index (κ3) is 3.93. The molecule has 2 saturated heterocycles. The molecular formula is C20H25N3OS. The number of aromatic nitrogens is 1. The van der Waals surface area contributed by atoms with Crippen molar-refractivity contribution in [3.05, 3.63) is 52.0 Å². The first-order valence-corrected chi connectivity index (χ1v) is 10.2. The average molecular weight is 356 g/mol. The Morgan fingerprint density at radius 2 is 2.00 bits per heavy atom. The zero-order valence-corrected chi connectivity index (χ0v) is 15.4. The number of thiophene rings is 1. The van der Waals surface area contributed by atoms with Gasteiger partial charge in [0, 0.05) is 18.0 Å². The highest BCUT2D eigenvalue weighted by Gasteiger charge is 2.31. The van der Waals surface area contributed by atoms with Crippen molar-refractivity contribution in [2.75, 3.05) is 19.6 Å². The van der Waals surface area contributed by atoms with Crippen LogP contribution in [0.2, 0.25) is 0 Å². The van der Waals surface area contributed by atoms with Crippen LogP contribution in [0.1, 0.15) is 48.0 Å². The molecule has 2 aromatic rings. The Hall–Kier alpha value is -1.72. The summed E-state index contributed by atoms with van der Waals surface area (Å²) in [6.45, 7) is 4.15. The molecule has 0 spiro atoms. The predicted octanol–water partition coefficient (Wildman–Crippen LogP) is 3.65. The third-order valence-corrected chi connectivity index (χ3v) is 6.11. The molecule has 1 amide bonds. The van der Waals surface area contributed by atoms with Crippen LogP contribution in [0.3, 0.4) is 0 Å². The Bertz CT molecular complexity index is 709. The Labute approximate surface area is 153 Å². The summed E-state index contributed by atoms with van der Waals surface area (Å²) in [4.78, 5) is 23.3. The van der Waals surface area contributed by atoms with Crippen LogP contribution in [0, 0.1) is 0 Å². The lowest BCUT2D eigenvalue weighted by Crippen LogP contribution is -2.32. The topological polar surface area (TPSA) is 36.4 Å². The van der Waals surface area contributed by atoms with Crippen LogP contribution in [0.15, 0.2) is 35.7 Å². The molecule has 1 atom stereocenters. The monoisotopic (exact) mass is 355 g/mol. The quantitative estimate of drug-likeness (QED) is 0.821. The Morgan fingerprint density at radius 3 is 2.80 bits per heavy atom. The maximum atomic E-state index is 12.8. The minimum Gasteiger partial charge on any atom is -0.334 e. The molecule has 2 aliphatic rings. The van der Waals surface area contributed by atoms with E-state index in [4.69, 9.17) is 4.98 Å². The molecule has 4 heterocycles. The molecule has 0 aliphatic carbocycles. The normalized spacial score (nSPS) is 21.1. The van der Waals surface area contributed by atoms with Gasteiger partial charge in [-0.05, 0) is 62.4 Å². The summed E-state index contributed by atoms with van der Waals surface area (Å²) in [7, 11) is 0. The van der Waals surface area contributed by atoms with Crippen LogP contribution in [-0.4, -0.2) is 40.3 Å². The van der Waals surface area contributed by atoms with E-state index >= 15 is 0 Å². The molecule has 1 unspecified atom stereocenters. The van der Waals surface area contributed by atoms with Gasteiger partial charge in [-0.1, -0.05) is 12.1 Å². The van der Waals surface area contributed by atoms with Gasteiger partial charge in [-0.25, -0.2) is 0 Å². The zero-order valence-electron chi connectivity index (χ0n) is 14.6. The van der Waals surface area contributed by atoms with E-state index in [1.165, 1.54) is 25.9 Å². The molecule has 4 nitrogen and oxygen atoms in total. The predicted molar refractivity (Wildman–Crippen MR) is 100 cm³/mol. The molecule has 0 aromatic carbocycles. The second kappa shape index (κ2) is 7.67. The highest BCUT2D eigenvalue weighted by Crippen LogP contribution is 2.32. The van der Waals surface area contributed by atoms with Gasteiger partial charge in [-0.2, -0.15) is 0 Å². The summed E-state index contributed by atoms with van der Waals surface area (Å²) in [5, 5.41) is 2.04. The van der Waals surface area contributed by atoms with Gasteiger partial charge in [-0.3, -0.25) is 14.7 Å². The second-order valence-electron chi connectivity index (χ2n) is 7.04. The van der Waals surface area contributed by atoms with Crippen LogP contribution in [0.4, 0.5) is 0 Å². The first-order valence-electron chi connectivity index (χ1n) is 9.29. The lowest BCUT2D eigenvalue weighted by molar-refractivity contribution is -0.131. The average Bonchev–Trinajstić information content (AvgIpc) is 3.37. The first-order chi connectivity index (χ1) is 12.3. The molecule has 132 valence electrons. The van der Waals surface area contributed by atoms with Gasteiger partial charge >= 0.3 is 0 Å². The fraction of sp³-hybridized carbons (Fsp3) is 0.500. The van der Waals surface area contributed by atoms with Gasteiger partial charge in [0.15, 0.2) is 0 Å². The number of amides is 1. The van der Waals surface area contributed by atoms with Crippen molar-refractivity contribution >= 4 is 17.2 Å². The van der Waals surface area contributed by atoms with E-state index in [2.05, 4.69) is 23.1 Å². The highest BCUT2D eigenvalue weighted by atomic mass is 32.1. The summed E-state index contributed by atoms with van der Waals surface area (Å²) < 4.78 is 0. The van der Waals surface area contributed by atoms with Crippen molar-refractivity contribution in [3.8, 4) is 0 Å². The number of likely N-dealkylation sites (tertiary alicyclic amines) is 2. The maximum absolute atomic E-state index is 12.8. The van der Waals surface area contributed by atoms with Crippen LogP contribution in [0.25, 0.3) is 0 Å². The number of rotatable bonds is 5. The van der Waals surface area contributed by atoms with E-state index < -0.39 is 0 Å². The van der Waals surface area contributed by atoms with E-state index in [0.717, 1.165) is 42.2 Å². The lowest BCUT2D eigenvalue weighted by atomic mass is 10.1. The lowest BCUT2D eigenvalue weighted by Gasteiger charge is -2.25. The van der Waals surface area contributed by atoms with Crippen molar-refractivity contribution in [3.63, 3.8) is 0 Å².